The Labute approximate surface area is 167 Å². The highest BCUT2D eigenvalue weighted by molar-refractivity contribution is 7.99. The maximum Gasteiger partial charge on any atom is 0.234 e. The number of anilines is 1. The van der Waals surface area contributed by atoms with E-state index in [2.05, 4.69) is 14.9 Å². The molecular weight excluding hydrogens is 375 g/mol. The van der Waals surface area contributed by atoms with Crippen LogP contribution < -0.4 is 5.32 Å². The lowest BCUT2D eigenvalue weighted by Crippen LogP contribution is -2.17. The molecule has 1 N–H and O–H groups in total. The molecule has 0 unspecified atom stereocenters. The number of halogens is 1. The lowest BCUT2D eigenvalue weighted by molar-refractivity contribution is -0.113. The van der Waals surface area contributed by atoms with Gasteiger partial charge in [0.2, 0.25) is 5.91 Å². The van der Waals surface area contributed by atoms with Crippen molar-refractivity contribution in [3.8, 4) is 0 Å². The van der Waals surface area contributed by atoms with Gasteiger partial charge in [-0.3, -0.25) is 4.79 Å². The number of hydrogen-bond donors (Lipinski definition) is 1. The number of aromatic nitrogens is 3. The van der Waals surface area contributed by atoms with Crippen LogP contribution >= 0.6 is 11.8 Å². The van der Waals surface area contributed by atoms with Crippen LogP contribution in [-0.2, 0) is 10.5 Å². The first-order valence-electron chi connectivity index (χ1n) is 9.66. The average Bonchev–Trinajstić information content (AvgIpc) is 3.08. The zero-order valence-electron chi connectivity index (χ0n) is 15.6. The van der Waals surface area contributed by atoms with Crippen LogP contribution in [0.15, 0.2) is 42.6 Å². The molecule has 28 heavy (non-hydrogen) atoms. The van der Waals surface area contributed by atoms with Crippen LogP contribution in [0.25, 0.3) is 11.2 Å². The van der Waals surface area contributed by atoms with Crippen LogP contribution in [0.3, 0.4) is 0 Å². The van der Waals surface area contributed by atoms with Crippen molar-refractivity contribution in [1.29, 1.82) is 0 Å². The zero-order chi connectivity index (χ0) is 19.3. The van der Waals surface area contributed by atoms with Gasteiger partial charge in [-0.1, -0.05) is 19.3 Å². The molecule has 1 fully saturated rings. The Balaban J connectivity index is 1.42. The topological polar surface area (TPSA) is 59.8 Å². The van der Waals surface area contributed by atoms with E-state index in [9.17, 15) is 9.18 Å². The predicted molar refractivity (Wildman–Crippen MR) is 111 cm³/mol. The SMILES string of the molecule is O=C(CSCc1nc2cccnc2n1C1CCCCC1)Nc1ccc(F)cc1. The van der Waals surface area contributed by atoms with Crippen molar-refractivity contribution in [2.24, 2.45) is 0 Å². The van der Waals surface area contributed by atoms with Gasteiger partial charge in [-0.05, 0) is 49.2 Å². The molecule has 1 aliphatic carbocycles. The van der Waals surface area contributed by atoms with E-state index < -0.39 is 0 Å². The highest BCUT2D eigenvalue weighted by atomic mass is 32.2. The monoisotopic (exact) mass is 398 g/mol. The van der Waals surface area contributed by atoms with Crippen LogP contribution in [0.2, 0.25) is 0 Å². The first-order chi connectivity index (χ1) is 13.7. The molecule has 1 saturated carbocycles. The van der Waals surface area contributed by atoms with Gasteiger partial charge in [0, 0.05) is 17.9 Å². The zero-order valence-corrected chi connectivity index (χ0v) is 16.4. The number of pyridine rings is 1. The van der Waals surface area contributed by atoms with Crippen molar-refractivity contribution in [3.05, 3.63) is 54.2 Å². The molecule has 1 aromatic carbocycles. The van der Waals surface area contributed by atoms with E-state index in [4.69, 9.17) is 4.98 Å². The molecule has 2 heterocycles. The maximum absolute atomic E-state index is 13.0. The molecule has 1 aliphatic rings. The van der Waals surface area contributed by atoms with Gasteiger partial charge in [-0.15, -0.1) is 11.8 Å². The number of amides is 1. The Bertz CT molecular complexity index is 951. The Morgan fingerprint density at radius 2 is 1.96 bits per heavy atom. The van der Waals surface area contributed by atoms with Crippen molar-refractivity contribution in [1.82, 2.24) is 14.5 Å². The summed E-state index contributed by atoms with van der Waals surface area (Å²) in [7, 11) is 0. The summed E-state index contributed by atoms with van der Waals surface area (Å²) in [5, 5.41) is 2.79. The summed E-state index contributed by atoms with van der Waals surface area (Å²) in [6, 6.07) is 10.1. The van der Waals surface area contributed by atoms with E-state index in [1.165, 1.54) is 43.2 Å². The largest absolute Gasteiger partial charge is 0.325 e. The second kappa shape index (κ2) is 8.73. The summed E-state index contributed by atoms with van der Waals surface area (Å²) in [5.41, 5.74) is 2.46. The molecular formula is C21H23FN4OS. The minimum atomic E-state index is -0.317. The van der Waals surface area contributed by atoms with Gasteiger partial charge < -0.3 is 9.88 Å². The summed E-state index contributed by atoms with van der Waals surface area (Å²) in [5.74, 6) is 1.54. The fraction of sp³-hybridized carbons (Fsp3) is 0.381. The average molecular weight is 399 g/mol. The number of carbonyl (C=O) groups excluding carboxylic acids is 1. The third-order valence-corrected chi connectivity index (χ3v) is 5.98. The lowest BCUT2D eigenvalue weighted by Gasteiger charge is -2.25. The number of hydrogen-bond acceptors (Lipinski definition) is 4. The Hall–Kier alpha value is -2.41. The summed E-state index contributed by atoms with van der Waals surface area (Å²) in [6.07, 6.45) is 7.91. The second-order valence-electron chi connectivity index (χ2n) is 7.08. The third-order valence-electron chi connectivity index (χ3n) is 5.05. The Kier molecular flexibility index (Phi) is 5.90. The number of imidazole rings is 1. The molecule has 0 spiro atoms. The standard InChI is InChI=1S/C21H23FN4OS/c22-15-8-10-16(11-9-15)24-20(27)14-28-13-19-25-18-7-4-12-23-21(18)26(19)17-5-2-1-3-6-17/h4,7-12,17H,1-3,5-6,13-14H2,(H,24,27). The van der Waals surface area contributed by atoms with E-state index >= 15 is 0 Å². The van der Waals surface area contributed by atoms with Gasteiger partial charge in [0.05, 0.1) is 11.5 Å². The first-order valence-corrected chi connectivity index (χ1v) is 10.8. The highest BCUT2D eigenvalue weighted by Crippen LogP contribution is 2.32. The number of rotatable bonds is 6. The first kappa shape index (κ1) is 18.9. The van der Waals surface area contributed by atoms with Gasteiger partial charge in [0.25, 0.3) is 0 Å². The molecule has 7 heteroatoms. The fourth-order valence-corrected chi connectivity index (χ4v) is 4.51. The summed E-state index contributed by atoms with van der Waals surface area (Å²) in [4.78, 5) is 21.5. The normalized spacial score (nSPS) is 15.0. The van der Waals surface area contributed by atoms with E-state index in [1.54, 1.807) is 12.1 Å². The molecule has 0 atom stereocenters. The summed E-state index contributed by atoms with van der Waals surface area (Å²) < 4.78 is 15.3. The van der Waals surface area contributed by atoms with E-state index in [-0.39, 0.29) is 11.7 Å². The molecule has 146 valence electrons. The molecule has 0 saturated heterocycles. The van der Waals surface area contributed by atoms with Crippen molar-refractivity contribution in [2.45, 2.75) is 43.9 Å². The molecule has 0 aliphatic heterocycles. The number of thioether (sulfide) groups is 1. The molecule has 0 bridgehead atoms. The van der Waals surface area contributed by atoms with Gasteiger partial charge in [0.15, 0.2) is 5.65 Å². The van der Waals surface area contributed by atoms with E-state index in [0.717, 1.165) is 29.8 Å². The lowest BCUT2D eigenvalue weighted by atomic mass is 9.95. The van der Waals surface area contributed by atoms with Crippen LogP contribution in [0.1, 0.15) is 44.0 Å². The third kappa shape index (κ3) is 4.35. The minimum absolute atomic E-state index is 0.102. The quantitative estimate of drug-likeness (QED) is 0.638. The van der Waals surface area contributed by atoms with Crippen LogP contribution in [0.5, 0.6) is 0 Å². The Morgan fingerprint density at radius 1 is 1.18 bits per heavy atom. The molecule has 0 radical (unpaired) electrons. The molecule has 5 nitrogen and oxygen atoms in total. The number of carbonyl (C=O) groups is 1. The maximum atomic E-state index is 13.0. The van der Waals surface area contributed by atoms with Crippen molar-refractivity contribution in [2.75, 3.05) is 11.1 Å². The number of fused-ring (bicyclic) bond motifs is 1. The van der Waals surface area contributed by atoms with Crippen molar-refractivity contribution in [3.63, 3.8) is 0 Å². The number of nitrogens with one attached hydrogen (secondary N) is 1. The van der Waals surface area contributed by atoms with Crippen LogP contribution in [-0.4, -0.2) is 26.2 Å². The Morgan fingerprint density at radius 3 is 2.75 bits per heavy atom. The highest BCUT2D eigenvalue weighted by Gasteiger charge is 2.22. The van der Waals surface area contributed by atoms with Crippen LogP contribution in [0, 0.1) is 5.82 Å². The molecule has 1 amide bonds. The van der Waals surface area contributed by atoms with Gasteiger partial charge in [-0.25, -0.2) is 14.4 Å². The van der Waals surface area contributed by atoms with Gasteiger partial charge in [0.1, 0.15) is 17.2 Å². The number of benzene rings is 1. The van der Waals surface area contributed by atoms with E-state index in [1.807, 2.05) is 18.3 Å². The second-order valence-corrected chi connectivity index (χ2v) is 8.07. The summed E-state index contributed by atoms with van der Waals surface area (Å²) >= 11 is 1.53. The summed E-state index contributed by atoms with van der Waals surface area (Å²) in [6.45, 7) is 0. The van der Waals surface area contributed by atoms with Crippen molar-refractivity contribution >= 4 is 34.5 Å². The van der Waals surface area contributed by atoms with E-state index in [0.29, 0.717) is 23.2 Å². The van der Waals surface area contributed by atoms with Crippen LogP contribution in [0.4, 0.5) is 10.1 Å². The smallest absolute Gasteiger partial charge is 0.234 e. The van der Waals surface area contributed by atoms with Crippen molar-refractivity contribution < 1.29 is 9.18 Å². The molecule has 4 rings (SSSR count). The number of nitrogens with zero attached hydrogens (tertiary/aromatic N) is 3. The predicted octanol–water partition coefficient (Wildman–Crippen LogP) is 4.95. The minimum Gasteiger partial charge on any atom is -0.325 e. The molecule has 2 aromatic heterocycles. The fourth-order valence-electron chi connectivity index (χ4n) is 3.77. The molecule has 3 aromatic rings. The van der Waals surface area contributed by atoms with Gasteiger partial charge in [-0.2, -0.15) is 0 Å². The van der Waals surface area contributed by atoms with Gasteiger partial charge >= 0.3 is 0 Å².